The topological polar surface area (TPSA) is 75.4 Å². The van der Waals surface area contributed by atoms with E-state index in [1.807, 2.05) is 30.3 Å². The summed E-state index contributed by atoms with van der Waals surface area (Å²) >= 11 is 0. The SMILES string of the molecule is CC(C(=O)O)n1ccc(C(=O)N(C)c2ccccc2)n1. The third kappa shape index (κ3) is 2.69. The van der Waals surface area contributed by atoms with Crippen molar-refractivity contribution in [3.63, 3.8) is 0 Å². The van der Waals surface area contributed by atoms with Crippen molar-refractivity contribution < 1.29 is 14.7 Å². The monoisotopic (exact) mass is 273 g/mol. The first-order valence-corrected chi connectivity index (χ1v) is 6.12. The van der Waals surface area contributed by atoms with E-state index in [0.717, 1.165) is 5.69 Å². The number of amides is 1. The summed E-state index contributed by atoms with van der Waals surface area (Å²) in [5.41, 5.74) is 0.961. The number of hydrogen-bond acceptors (Lipinski definition) is 3. The molecule has 1 N–H and O–H groups in total. The van der Waals surface area contributed by atoms with Gasteiger partial charge in [0, 0.05) is 18.9 Å². The van der Waals surface area contributed by atoms with Crippen molar-refractivity contribution in [1.29, 1.82) is 0 Å². The van der Waals surface area contributed by atoms with Gasteiger partial charge in [0.2, 0.25) is 0 Å². The molecule has 0 saturated carbocycles. The Kier molecular flexibility index (Phi) is 3.84. The number of hydrogen-bond donors (Lipinski definition) is 1. The first-order valence-electron chi connectivity index (χ1n) is 6.12. The maximum atomic E-state index is 12.3. The van der Waals surface area contributed by atoms with Crippen LogP contribution >= 0.6 is 0 Å². The summed E-state index contributed by atoms with van der Waals surface area (Å²) in [5, 5.41) is 12.9. The molecule has 1 aromatic heterocycles. The molecular weight excluding hydrogens is 258 g/mol. The zero-order valence-electron chi connectivity index (χ0n) is 11.2. The van der Waals surface area contributed by atoms with Crippen molar-refractivity contribution in [2.24, 2.45) is 0 Å². The van der Waals surface area contributed by atoms with Gasteiger partial charge in [0.1, 0.15) is 6.04 Å². The second-order valence-electron chi connectivity index (χ2n) is 4.39. The van der Waals surface area contributed by atoms with E-state index in [2.05, 4.69) is 5.10 Å². The standard InChI is InChI=1S/C14H15N3O3/c1-10(14(19)20)17-9-8-12(15-17)13(18)16(2)11-6-4-3-5-7-11/h3-10H,1-2H3,(H,19,20). The molecule has 1 heterocycles. The number of carbonyl (C=O) groups excluding carboxylic acids is 1. The second kappa shape index (κ2) is 5.56. The van der Waals surface area contributed by atoms with Crippen LogP contribution in [-0.2, 0) is 4.79 Å². The summed E-state index contributed by atoms with van der Waals surface area (Å²) in [6, 6.07) is 9.88. The van der Waals surface area contributed by atoms with Crippen molar-refractivity contribution in [1.82, 2.24) is 9.78 Å². The summed E-state index contributed by atoms with van der Waals surface area (Å²) < 4.78 is 1.26. The van der Waals surface area contributed by atoms with E-state index >= 15 is 0 Å². The number of carboxylic acids is 1. The molecule has 6 nitrogen and oxygen atoms in total. The van der Waals surface area contributed by atoms with Gasteiger partial charge in [-0.15, -0.1) is 0 Å². The van der Waals surface area contributed by atoms with Crippen molar-refractivity contribution in [3.8, 4) is 0 Å². The number of aromatic nitrogens is 2. The summed E-state index contributed by atoms with van der Waals surface area (Å²) in [5.74, 6) is -1.28. The van der Waals surface area contributed by atoms with Crippen LogP contribution in [0.3, 0.4) is 0 Å². The number of nitrogens with zero attached hydrogens (tertiary/aromatic N) is 3. The highest BCUT2D eigenvalue weighted by Gasteiger charge is 2.19. The maximum absolute atomic E-state index is 12.3. The number of para-hydroxylation sites is 1. The predicted octanol–water partition coefficient (Wildman–Crippen LogP) is 1.81. The molecule has 0 saturated heterocycles. The number of anilines is 1. The molecule has 0 aliphatic carbocycles. The fourth-order valence-corrected chi connectivity index (χ4v) is 1.72. The zero-order chi connectivity index (χ0) is 14.7. The Labute approximate surface area is 116 Å². The first-order chi connectivity index (χ1) is 9.50. The van der Waals surface area contributed by atoms with Gasteiger partial charge in [-0.2, -0.15) is 5.10 Å². The lowest BCUT2D eigenvalue weighted by Gasteiger charge is -2.15. The van der Waals surface area contributed by atoms with Gasteiger partial charge < -0.3 is 10.0 Å². The maximum Gasteiger partial charge on any atom is 0.328 e. The Morgan fingerprint density at radius 3 is 2.50 bits per heavy atom. The van der Waals surface area contributed by atoms with E-state index < -0.39 is 12.0 Å². The molecule has 0 spiro atoms. The normalized spacial score (nSPS) is 11.9. The second-order valence-corrected chi connectivity index (χ2v) is 4.39. The quantitative estimate of drug-likeness (QED) is 0.921. The number of rotatable bonds is 4. The molecule has 1 amide bonds. The number of carboxylic acid groups (broad SMARTS) is 1. The van der Waals surface area contributed by atoms with E-state index in [4.69, 9.17) is 5.11 Å². The third-order valence-corrected chi connectivity index (χ3v) is 3.03. The first kappa shape index (κ1) is 13.8. The zero-order valence-corrected chi connectivity index (χ0v) is 11.2. The van der Waals surface area contributed by atoms with Gasteiger partial charge in [-0.25, -0.2) is 4.79 Å². The van der Waals surface area contributed by atoms with E-state index in [-0.39, 0.29) is 11.6 Å². The Morgan fingerprint density at radius 2 is 1.90 bits per heavy atom. The molecule has 0 bridgehead atoms. The Morgan fingerprint density at radius 1 is 1.25 bits per heavy atom. The van der Waals surface area contributed by atoms with E-state index in [9.17, 15) is 9.59 Å². The van der Waals surface area contributed by atoms with Gasteiger partial charge in [-0.3, -0.25) is 9.48 Å². The van der Waals surface area contributed by atoms with Crippen LogP contribution in [0.4, 0.5) is 5.69 Å². The fraction of sp³-hybridized carbons (Fsp3) is 0.214. The highest BCUT2D eigenvalue weighted by atomic mass is 16.4. The molecule has 2 aromatic rings. The summed E-state index contributed by atoms with van der Waals surface area (Å²) in [7, 11) is 1.65. The minimum Gasteiger partial charge on any atom is -0.480 e. The van der Waals surface area contributed by atoms with Gasteiger partial charge in [-0.05, 0) is 25.1 Å². The number of carbonyl (C=O) groups is 2. The molecule has 1 atom stereocenters. The Hall–Kier alpha value is -2.63. The lowest BCUT2D eigenvalue weighted by atomic mass is 10.3. The molecule has 1 aromatic carbocycles. The summed E-state index contributed by atoms with van der Waals surface area (Å²) in [4.78, 5) is 24.6. The van der Waals surface area contributed by atoms with E-state index in [1.54, 1.807) is 7.05 Å². The van der Waals surface area contributed by atoms with Crippen LogP contribution in [0, 0.1) is 0 Å². The molecule has 0 radical (unpaired) electrons. The van der Waals surface area contributed by atoms with Crippen LogP contribution in [0.2, 0.25) is 0 Å². The molecule has 0 aliphatic heterocycles. The highest BCUT2D eigenvalue weighted by molar-refractivity contribution is 6.04. The van der Waals surface area contributed by atoms with Gasteiger partial charge in [-0.1, -0.05) is 18.2 Å². The van der Waals surface area contributed by atoms with Crippen LogP contribution in [0.25, 0.3) is 0 Å². The number of benzene rings is 1. The number of aliphatic carboxylic acids is 1. The summed E-state index contributed by atoms with van der Waals surface area (Å²) in [6.07, 6.45) is 1.49. The molecule has 6 heteroatoms. The lowest BCUT2D eigenvalue weighted by molar-refractivity contribution is -0.140. The molecule has 0 fully saturated rings. The van der Waals surface area contributed by atoms with Gasteiger partial charge in [0.15, 0.2) is 5.69 Å². The van der Waals surface area contributed by atoms with Crippen molar-refractivity contribution in [2.75, 3.05) is 11.9 Å². The summed E-state index contributed by atoms with van der Waals surface area (Å²) in [6.45, 7) is 1.50. The van der Waals surface area contributed by atoms with Crippen molar-refractivity contribution in [2.45, 2.75) is 13.0 Å². The molecule has 104 valence electrons. The van der Waals surface area contributed by atoms with Crippen LogP contribution in [0.15, 0.2) is 42.6 Å². The molecule has 2 rings (SSSR count). The molecular formula is C14H15N3O3. The van der Waals surface area contributed by atoms with Gasteiger partial charge in [0.05, 0.1) is 0 Å². The van der Waals surface area contributed by atoms with Crippen LogP contribution in [-0.4, -0.2) is 33.8 Å². The highest BCUT2D eigenvalue weighted by Crippen LogP contribution is 2.14. The van der Waals surface area contributed by atoms with Crippen molar-refractivity contribution in [3.05, 3.63) is 48.3 Å². The minimum atomic E-state index is -0.997. The minimum absolute atomic E-state index is 0.212. The fourth-order valence-electron chi connectivity index (χ4n) is 1.72. The van der Waals surface area contributed by atoms with Crippen molar-refractivity contribution >= 4 is 17.6 Å². The van der Waals surface area contributed by atoms with E-state index in [0.29, 0.717) is 0 Å². The average molecular weight is 273 g/mol. The van der Waals surface area contributed by atoms with E-state index in [1.165, 1.54) is 28.8 Å². The smallest absolute Gasteiger partial charge is 0.328 e. The predicted molar refractivity (Wildman–Crippen MR) is 73.7 cm³/mol. The Balaban J connectivity index is 2.20. The molecule has 1 unspecified atom stereocenters. The lowest BCUT2D eigenvalue weighted by Crippen LogP contribution is -2.27. The van der Waals surface area contributed by atoms with Crippen LogP contribution in [0.5, 0.6) is 0 Å². The molecule has 20 heavy (non-hydrogen) atoms. The Bertz CT molecular complexity index is 622. The largest absolute Gasteiger partial charge is 0.480 e. The third-order valence-electron chi connectivity index (χ3n) is 3.03. The van der Waals surface area contributed by atoms with Gasteiger partial charge in [0.25, 0.3) is 5.91 Å². The molecule has 0 aliphatic rings. The average Bonchev–Trinajstić information content (AvgIpc) is 2.95. The van der Waals surface area contributed by atoms with Gasteiger partial charge >= 0.3 is 5.97 Å². The van der Waals surface area contributed by atoms with Crippen LogP contribution in [0.1, 0.15) is 23.5 Å². The van der Waals surface area contributed by atoms with Crippen LogP contribution < -0.4 is 4.90 Å².